The van der Waals surface area contributed by atoms with E-state index >= 15 is 0 Å². The van der Waals surface area contributed by atoms with Gasteiger partial charge >= 0.3 is 0 Å². The molecule has 1 aliphatic rings. The van der Waals surface area contributed by atoms with E-state index in [2.05, 4.69) is 34.4 Å². The summed E-state index contributed by atoms with van der Waals surface area (Å²) in [6.07, 6.45) is 3.48. The van der Waals surface area contributed by atoms with Gasteiger partial charge in [0.1, 0.15) is 12.5 Å². The van der Waals surface area contributed by atoms with Gasteiger partial charge in [0, 0.05) is 49.0 Å². The first-order chi connectivity index (χ1) is 14.5. The molecule has 2 aromatic rings. The number of aromatic nitrogens is 1. The second kappa shape index (κ2) is 11.0. The number of hydrogen-bond acceptors (Lipinski definition) is 7. The SMILES string of the molecule is CSc1ccc(NCON2CCN(C(C)C)CC2)c(C(=O)Nc2ccc(Cl)cn2)c1. The van der Waals surface area contributed by atoms with Crippen LogP contribution in [-0.2, 0) is 4.84 Å². The minimum Gasteiger partial charge on any atom is -0.360 e. The third-order valence-corrected chi connectivity index (χ3v) is 5.90. The summed E-state index contributed by atoms with van der Waals surface area (Å²) in [4.78, 5) is 26.3. The second-order valence-corrected chi connectivity index (χ2v) is 8.55. The van der Waals surface area contributed by atoms with Crippen molar-refractivity contribution in [1.82, 2.24) is 14.9 Å². The minimum atomic E-state index is -0.242. The molecule has 30 heavy (non-hydrogen) atoms. The Morgan fingerprint density at radius 2 is 2.00 bits per heavy atom. The number of nitrogens with zero attached hydrogens (tertiary/aromatic N) is 3. The van der Waals surface area contributed by atoms with E-state index < -0.39 is 0 Å². The van der Waals surface area contributed by atoms with Gasteiger partial charge in [0.15, 0.2) is 0 Å². The molecule has 2 N–H and O–H groups in total. The maximum atomic E-state index is 12.9. The average molecular weight is 450 g/mol. The van der Waals surface area contributed by atoms with Crippen LogP contribution in [0.2, 0.25) is 5.02 Å². The number of thioether (sulfide) groups is 1. The number of hydroxylamine groups is 2. The Labute approximate surface area is 187 Å². The molecule has 1 aliphatic heterocycles. The van der Waals surface area contributed by atoms with Gasteiger partial charge in [-0.2, -0.15) is 5.06 Å². The van der Waals surface area contributed by atoms with Crippen molar-refractivity contribution in [3.05, 3.63) is 47.1 Å². The lowest BCUT2D eigenvalue weighted by atomic mass is 10.1. The molecule has 2 heterocycles. The topological polar surface area (TPSA) is 69.7 Å². The molecule has 0 spiro atoms. The number of benzene rings is 1. The number of carbonyl (C=O) groups is 1. The summed E-state index contributed by atoms with van der Waals surface area (Å²) in [7, 11) is 0. The molecule has 1 aromatic heterocycles. The smallest absolute Gasteiger partial charge is 0.258 e. The summed E-state index contributed by atoms with van der Waals surface area (Å²) >= 11 is 7.45. The zero-order chi connectivity index (χ0) is 21.5. The van der Waals surface area contributed by atoms with E-state index in [0.29, 0.717) is 34.9 Å². The lowest BCUT2D eigenvalue weighted by Crippen LogP contribution is -2.49. The molecular formula is C21H28ClN5O2S. The first-order valence-corrected chi connectivity index (χ1v) is 11.5. The molecule has 0 radical (unpaired) electrons. The van der Waals surface area contributed by atoms with Crippen molar-refractivity contribution in [3.63, 3.8) is 0 Å². The Kier molecular flexibility index (Phi) is 8.35. The first kappa shape index (κ1) is 22.8. The van der Waals surface area contributed by atoms with E-state index in [9.17, 15) is 4.79 Å². The maximum absolute atomic E-state index is 12.9. The van der Waals surface area contributed by atoms with Gasteiger partial charge in [-0.25, -0.2) is 4.98 Å². The highest BCUT2D eigenvalue weighted by Crippen LogP contribution is 2.24. The number of pyridine rings is 1. The Bertz CT molecular complexity index is 842. The molecule has 0 bridgehead atoms. The van der Waals surface area contributed by atoms with Crippen molar-refractivity contribution in [2.75, 3.05) is 49.8 Å². The van der Waals surface area contributed by atoms with E-state index in [1.807, 2.05) is 29.5 Å². The summed E-state index contributed by atoms with van der Waals surface area (Å²) < 4.78 is 0. The Morgan fingerprint density at radius 3 is 2.63 bits per heavy atom. The van der Waals surface area contributed by atoms with Crippen LogP contribution in [-0.4, -0.2) is 66.1 Å². The monoisotopic (exact) mass is 449 g/mol. The Hall–Kier alpha value is -1.84. The highest BCUT2D eigenvalue weighted by atomic mass is 35.5. The standard InChI is InChI=1S/C21H28ClN5O2S/c1-15(2)26-8-10-27(11-9-26)29-14-24-19-6-5-17(30-3)12-18(19)21(28)25-20-7-4-16(22)13-23-20/h4-7,12-13,15,24H,8-11,14H2,1-3H3,(H,23,25,28). The molecule has 0 unspecified atom stereocenters. The summed E-state index contributed by atoms with van der Waals surface area (Å²) in [5.41, 5.74) is 1.24. The maximum Gasteiger partial charge on any atom is 0.258 e. The Balaban J connectivity index is 1.60. The number of hydrogen-bond donors (Lipinski definition) is 2. The van der Waals surface area contributed by atoms with Crippen molar-refractivity contribution in [1.29, 1.82) is 0 Å². The van der Waals surface area contributed by atoms with Gasteiger partial charge in [-0.3, -0.25) is 14.5 Å². The van der Waals surface area contributed by atoms with Gasteiger partial charge in [0.25, 0.3) is 5.91 Å². The van der Waals surface area contributed by atoms with Crippen molar-refractivity contribution in [3.8, 4) is 0 Å². The molecule has 1 amide bonds. The molecule has 1 aromatic carbocycles. The molecule has 0 saturated carbocycles. The molecule has 7 nitrogen and oxygen atoms in total. The average Bonchev–Trinajstić information content (AvgIpc) is 2.75. The van der Waals surface area contributed by atoms with Crippen molar-refractivity contribution < 1.29 is 9.63 Å². The third kappa shape index (κ3) is 6.33. The minimum absolute atomic E-state index is 0.242. The number of halogens is 1. The number of nitrogens with one attached hydrogen (secondary N) is 2. The van der Waals surface area contributed by atoms with Gasteiger partial charge < -0.3 is 10.6 Å². The summed E-state index contributed by atoms with van der Waals surface area (Å²) in [6.45, 7) is 8.41. The van der Waals surface area contributed by atoms with Crippen LogP contribution in [0.3, 0.4) is 0 Å². The predicted octanol–water partition coefficient (Wildman–Crippen LogP) is 4.04. The van der Waals surface area contributed by atoms with Gasteiger partial charge in [0.2, 0.25) is 0 Å². The van der Waals surface area contributed by atoms with E-state index in [1.165, 1.54) is 6.20 Å². The lowest BCUT2D eigenvalue weighted by molar-refractivity contribution is -0.172. The van der Waals surface area contributed by atoms with Crippen molar-refractivity contribution in [2.45, 2.75) is 24.8 Å². The number of rotatable bonds is 8. The second-order valence-electron chi connectivity index (χ2n) is 7.24. The van der Waals surface area contributed by atoms with Crippen LogP contribution in [0.1, 0.15) is 24.2 Å². The molecule has 1 fully saturated rings. The van der Waals surface area contributed by atoms with Crippen LogP contribution in [0.5, 0.6) is 0 Å². The summed E-state index contributed by atoms with van der Waals surface area (Å²) in [5, 5.41) is 8.54. The largest absolute Gasteiger partial charge is 0.360 e. The van der Waals surface area contributed by atoms with Gasteiger partial charge in [-0.05, 0) is 50.4 Å². The molecule has 162 valence electrons. The molecule has 1 saturated heterocycles. The molecular weight excluding hydrogens is 422 g/mol. The Morgan fingerprint density at radius 1 is 1.23 bits per heavy atom. The van der Waals surface area contributed by atoms with E-state index in [0.717, 1.165) is 31.1 Å². The zero-order valence-corrected chi connectivity index (χ0v) is 19.1. The summed E-state index contributed by atoms with van der Waals surface area (Å²) in [6, 6.07) is 9.65. The van der Waals surface area contributed by atoms with E-state index in [1.54, 1.807) is 23.9 Å². The fourth-order valence-corrected chi connectivity index (χ4v) is 3.73. The van der Waals surface area contributed by atoms with Crippen LogP contribution in [0.4, 0.5) is 11.5 Å². The normalized spacial score (nSPS) is 15.4. The highest BCUT2D eigenvalue weighted by Gasteiger charge is 2.19. The fourth-order valence-electron chi connectivity index (χ4n) is 3.18. The van der Waals surface area contributed by atoms with E-state index in [4.69, 9.17) is 16.4 Å². The fraction of sp³-hybridized carbons (Fsp3) is 0.429. The van der Waals surface area contributed by atoms with Gasteiger partial charge in [-0.1, -0.05) is 11.6 Å². The van der Waals surface area contributed by atoms with Crippen LogP contribution in [0.15, 0.2) is 41.4 Å². The van der Waals surface area contributed by atoms with Crippen molar-refractivity contribution >= 4 is 40.8 Å². The first-order valence-electron chi connectivity index (χ1n) is 9.93. The molecule has 3 rings (SSSR count). The number of amides is 1. The predicted molar refractivity (Wildman–Crippen MR) is 123 cm³/mol. The number of piperazine rings is 1. The van der Waals surface area contributed by atoms with Gasteiger partial charge in [-0.15, -0.1) is 11.8 Å². The summed E-state index contributed by atoms with van der Waals surface area (Å²) in [5.74, 6) is 0.206. The van der Waals surface area contributed by atoms with Crippen LogP contribution in [0, 0.1) is 0 Å². The quantitative estimate of drug-likeness (QED) is 0.465. The van der Waals surface area contributed by atoms with Crippen LogP contribution >= 0.6 is 23.4 Å². The van der Waals surface area contributed by atoms with Crippen LogP contribution < -0.4 is 10.6 Å². The molecule has 9 heteroatoms. The van der Waals surface area contributed by atoms with Crippen molar-refractivity contribution in [2.24, 2.45) is 0 Å². The van der Waals surface area contributed by atoms with Crippen LogP contribution in [0.25, 0.3) is 0 Å². The zero-order valence-electron chi connectivity index (χ0n) is 17.5. The lowest BCUT2D eigenvalue weighted by Gasteiger charge is -2.36. The molecule has 0 aliphatic carbocycles. The molecule has 0 atom stereocenters. The van der Waals surface area contributed by atoms with E-state index in [-0.39, 0.29) is 5.91 Å². The number of anilines is 2. The third-order valence-electron chi connectivity index (χ3n) is 4.95. The number of carbonyl (C=O) groups excluding carboxylic acids is 1. The highest BCUT2D eigenvalue weighted by molar-refractivity contribution is 7.98. The van der Waals surface area contributed by atoms with Gasteiger partial charge in [0.05, 0.1) is 10.6 Å².